The van der Waals surface area contributed by atoms with Gasteiger partial charge < -0.3 is 5.73 Å². The molecule has 5 N–H and O–H groups in total. The van der Waals surface area contributed by atoms with E-state index in [2.05, 4.69) is 5.14 Å². The first-order chi connectivity index (χ1) is 3.85. The van der Waals surface area contributed by atoms with E-state index in [9.17, 15) is 8.42 Å². The summed E-state index contributed by atoms with van der Waals surface area (Å²) in [6.45, 7) is 1.26. The summed E-state index contributed by atoms with van der Waals surface area (Å²) in [5.74, 6) is -0.433. The zero-order valence-electron chi connectivity index (χ0n) is 4.96. The van der Waals surface area contributed by atoms with E-state index in [-0.39, 0.29) is 0 Å². The molecule has 0 aromatic heterocycles. The van der Waals surface area contributed by atoms with Crippen LogP contribution in [0.4, 0.5) is 0 Å². The fourth-order valence-corrected chi connectivity index (χ4v) is 0.531. The molecule has 0 amide bonds. The fraction of sp³-hybridized carbons (Fsp3) is 0.667. The lowest BCUT2D eigenvalue weighted by Crippen LogP contribution is -2.36. The zero-order valence-corrected chi connectivity index (χ0v) is 5.77. The molecule has 0 fully saturated rings. The normalized spacial score (nSPS) is 14.9. The van der Waals surface area contributed by atoms with Gasteiger partial charge in [0.05, 0.1) is 0 Å². The lowest BCUT2D eigenvalue weighted by Gasteiger charge is -2.03. The maximum Gasteiger partial charge on any atom is 0.218 e. The average Bonchev–Trinajstić information content (AvgIpc) is 1.62. The molecule has 54 valence electrons. The van der Waals surface area contributed by atoms with Crippen LogP contribution < -0.4 is 10.9 Å². The van der Waals surface area contributed by atoms with Crippen molar-refractivity contribution < 1.29 is 8.42 Å². The molecule has 0 rings (SSSR count). The van der Waals surface area contributed by atoms with E-state index in [0.29, 0.717) is 0 Å². The minimum Gasteiger partial charge on any atom is -0.387 e. The van der Waals surface area contributed by atoms with Crippen LogP contribution in [-0.4, -0.2) is 19.5 Å². The molecule has 6 heteroatoms. The van der Waals surface area contributed by atoms with Crippen LogP contribution >= 0.6 is 0 Å². The maximum absolute atomic E-state index is 10.3. The topological polar surface area (TPSA) is 110 Å². The van der Waals surface area contributed by atoms with Gasteiger partial charge in [-0.15, -0.1) is 0 Å². The first-order valence-corrected chi connectivity index (χ1v) is 3.82. The van der Waals surface area contributed by atoms with Gasteiger partial charge in [-0.05, 0) is 6.92 Å². The van der Waals surface area contributed by atoms with Gasteiger partial charge >= 0.3 is 0 Å². The van der Waals surface area contributed by atoms with Gasteiger partial charge in [-0.3, -0.25) is 5.41 Å². The number of hydrogen-bond acceptors (Lipinski definition) is 3. The van der Waals surface area contributed by atoms with Crippen LogP contribution in [0.3, 0.4) is 0 Å². The molecule has 0 aliphatic rings. The first-order valence-electron chi connectivity index (χ1n) is 2.21. The number of amidine groups is 1. The van der Waals surface area contributed by atoms with Gasteiger partial charge in [0.1, 0.15) is 11.1 Å². The third-order valence-corrected chi connectivity index (χ3v) is 2.17. The van der Waals surface area contributed by atoms with Gasteiger partial charge in [-0.25, -0.2) is 13.6 Å². The number of nitrogens with two attached hydrogens (primary N) is 2. The van der Waals surface area contributed by atoms with Crippen molar-refractivity contribution in [1.29, 1.82) is 5.41 Å². The van der Waals surface area contributed by atoms with Gasteiger partial charge in [0.2, 0.25) is 10.0 Å². The molecule has 0 radical (unpaired) electrons. The first kappa shape index (κ1) is 8.38. The van der Waals surface area contributed by atoms with Crippen LogP contribution in [0.25, 0.3) is 0 Å². The van der Waals surface area contributed by atoms with Crippen molar-refractivity contribution in [2.24, 2.45) is 10.9 Å². The third-order valence-electron chi connectivity index (χ3n) is 0.931. The maximum atomic E-state index is 10.3. The van der Waals surface area contributed by atoms with E-state index >= 15 is 0 Å². The van der Waals surface area contributed by atoms with E-state index in [1.807, 2.05) is 0 Å². The van der Waals surface area contributed by atoms with Crippen molar-refractivity contribution in [2.75, 3.05) is 0 Å². The summed E-state index contributed by atoms with van der Waals surface area (Å²) in [4.78, 5) is 0. The molecular formula is C3H9N3O2S. The highest BCUT2D eigenvalue weighted by Crippen LogP contribution is 1.91. The minimum atomic E-state index is -3.65. The molecule has 0 bridgehead atoms. The molecule has 0 aromatic rings. The lowest BCUT2D eigenvalue weighted by molar-refractivity contribution is 0.594. The van der Waals surface area contributed by atoms with Crippen molar-refractivity contribution in [2.45, 2.75) is 12.2 Å². The zero-order chi connectivity index (χ0) is 7.65. The summed E-state index contributed by atoms with van der Waals surface area (Å²) >= 11 is 0. The molecular weight excluding hydrogens is 142 g/mol. The number of sulfonamides is 1. The SMILES string of the molecule is CC(C(=N)N)S(N)(=O)=O. The lowest BCUT2D eigenvalue weighted by atomic mass is 10.4. The Morgan fingerprint density at radius 2 is 2.00 bits per heavy atom. The molecule has 1 unspecified atom stereocenters. The van der Waals surface area contributed by atoms with Crippen LogP contribution in [0.15, 0.2) is 0 Å². The summed E-state index contributed by atoms with van der Waals surface area (Å²) in [6.07, 6.45) is 0. The van der Waals surface area contributed by atoms with Crippen molar-refractivity contribution in [3.63, 3.8) is 0 Å². The standard InChI is InChI=1S/C3H9N3O2S/c1-2(3(4)5)9(6,7)8/h2H,1H3,(H3,4,5)(H2,6,7,8). The molecule has 9 heavy (non-hydrogen) atoms. The predicted octanol–water partition coefficient (Wildman–Crippen LogP) is -1.40. The molecule has 0 aliphatic carbocycles. The number of nitrogens with one attached hydrogen (secondary N) is 1. The third kappa shape index (κ3) is 2.43. The monoisotopic (exact) mass is 151 g/mol. The number of primary sulfonamides is 1. The Kier molecular flexibility index (Phi) is 2.16. The Balaban J connectivity index is 4.43. The summed E-state index contributed by atoms with van der Waals surface area (Å²) < 4.78 is 20.7. The molecule has 0 saturated carbocycles. The van der Waals surface area contributed by atoms with Gasteiger partial charge in [0, 0.05) is 0 Å². The molecule has 5 nitrogen and oxygen atoms in total. The second kappa shape index (κ2) is 2.32. The fourth-order valence-electron chi connectivity index (χ4n) is 0.177. The second-order valence-electron chi connectivity index (χ2n) is 1.69. The van der Waals surface area contributed by atoms with Crippen LogP contribution in [-0.2, 0) is 10.0 Å². The minimum absolute atomic E-state index is 0.433. The molecule has 0 saturated heterocycles. The van der Waals surface area contributed by atoms with Gasteiger partial charge in [-0.2, -0.15) is 0 Å². The number of rotatable bonds is 2. The van der Waals surface area contributed by atoms with E-state index in [4.69, 9.17) is 11.1 Å². The van der Waals surface area contributed by atoms with Crippen LogP contribution in [0, 0.1) is 5.41 Å². The van der Waals surface area contributed by atoms with Gasteiger partial charge in [0.25, 0.3) is 0 Å². The molecule has 0 heterocycles. The Morgan fingerprint density at radius 1 is 1.67 bits per heavy atom. The Hall–Kier alpha value is -0.620. The summed E-state index contributed by atoms with van der Waals surface area (Å²) in [6, 6.07) is 0. The van der Waals surface area contributed by atoms with E-state index in [1.165, 1.54) is 6.92 Å². The molecule has 0 aliphatic heterocycles. The van der Waals surface area contributed by atoms with Crippen molar-refractivity contribution in [3.8, 4) is 0 Å². The van der Waals surface area contributed by atoms with Crippen molar-refractivity contribution in [3.05, 3.63) is 0 Å². The summed E-state index contributed by atoms with van der Waals surface area (Å²) in [7, 11) is -3.65. The van der Waals surface area contributed by atoms with Gasteiger partial charge in [-0.1, -0.05) is 0 Å². The van der Waals surface area contributed by atoms with Crippen LogP contribution in [0.5, 0.6) is 0 Å². The van der Waals surface area contributed by atoms with E-state index in [0.717, 1.165) is 0 Å². The van der Waals surface area contributed by atoms with Crippen molar-refractivity contribution in [1.82, 2.24) is 0 Å². The van der Waals surface area contributed by atoms with E-state index < -0.39 is 21.1 Å². The number of hydrogen-bond donors (Lipinski definition) is 3. The molecule has 0 aromatic carbocycles. The Bertz CT molecular complexity index is 207. The highest BCUT2D eigenvalue weighted by molar-refractivity contribution is 7.90. The Morgan fingerprint density at radius 3 is 2.00 bits per heavy atom. The molecule has 0 spiro atoms. The highest BCUT2D eigenvalue weighted by atomic mass is 32.2. The molecule has 1 atom stereocenters. The van der Waals surface area contributed by atoms with Crippen LogP contribution in [0.2, 0.25) is 0 Å². The van der Waals surface area contributed by atoms with Gasteiger partial charge in [0.15, 0.2) is 0 Å². The average molecular weight is 151 g/mol. The highest BCUT2D eigenvalue weighted by Gasteiger charge is 2.17. The smallest absolute Gasteiger partial charge is 0.218 e. The van der Waals surface area contributed by atoms with Crippen molar-refractivity contribution >= 4 is 15.9 Å². The second-order valence-corrected chi connectivity index (χ2v) is 3.57. The Labute approximate surface area is 53.6 Å². The quantitative estimate of drug-likeness (QED) is 0.333. The summed E-state index contributed by atoms with van der Waals surface area (Å²) in [5, 5.41) is 10.2. The van der Waals surface area contributed by atoms with E-state index in [1.54, 1.807) is 0 Å². The van der Waals surface area contributed by atoms with Crippen LogP contribution in [0.1, 0.15) is 6.92 Å². The largest absolute Gasteiger partial charge is 0.387 e. The summed E-state index contributed by atoms with van der Waals surface area (Å²) in [5.41, 5.74) is 4.85. The predicted molar refractivity (Wildman–Crippen MR) is 34.5 cm³/mol.